The second-order valence-corrected chi connectivity index (χ2v) is 12.2. The Kier molecular flexibility index (Phi) is 8.72. The molecule has 0 radical (unpaired) electrons. The second-order valence-electron chi connectivity index (χ2n) is 8.34. The standard InChI is InChI=1S/C25H26BrFN2O4S2/c26-20-7-11-24(12-8-20)35(31,32)29(16-22-3-1-13-33-22)18-25(30)28(17-23-4-2-14-34-23)15-19-5-9-21(27)10-6-19/h2,4-12,14,22H,1,3,13,15-18H2. The molecule has 1 saturated heterocycles. The van der Waals surface area contributed by atoms with Crippen LogP contribution in [-0.4, -0.2) is 49.3 Å². The topological polar surface area (TPSA) is 66.9 Å². The van der Waals surface area contributed by atoms with Gasteiger partial charge in [0, 0.05) is 29.0 Å². The molecule has 0 bridgehead atoms. The van der Waals surface area contributed by atoms with Crippen molar-refractivity contribution in [2.45, 2.75) is 36.9 Å². The van der Waals surface area contributed by atoms with Gasteiger partial charge in [0.25, 0.3) is 0 Å². The number of thiophene rings is 1. The SMILES string of the molecule is O=C(CN(CC1CCCO1)S(=O)(=O)c1ccc(Br)cc1)N(Cc1ccc(F)cc1)Cc1cccs1. The van der Waals surface area contributed by atoms with Crippen LogP contribution in [-0.2, 0) is 32.6 Å². The molecule has 1 amide bonds. The Balaban J connectivity index is 1.59. The summed E-state index contributed by atoms with van der Waals surface area (Å²) in [4.78, 5) is 16.3. The molecule has 3 aromatic rings. The minimum atomic E-state index is -3.94. The van der Waals surface area contributed by atoms with Gasteiger partial charge >= 0.3 is 0 Å². The van der Waals surface area contributed by atoms with Crippen LogP contribution in [0.25, 0.3) is 0 Å². The molecule has 1 unspecified atom stereocenters. The number of carbonyl (C=O) groups excluding carboxylic acids is 1. The van der Waals surface area contributed by atoms with Crippen molar-refractivity contribution in [3.63, 3.8) is 0 Å². The number of rotatable bonds is 10. The monoisotopic (exact) mass is 580 g/mol. The highest BCUT2D eigenvalue weighted by Crippen LogP contribution is 2.23. The summed E-state index contributed by atoms with van der Waals surface area (Å²) in [6.45, 7) is 0.946. The van der Waals surface area contributed by atoms with Gasteiger partial charge in [-0.05, 0) is 66.2 Å². The van der Waals surface area contributed by atoms with Crippen LogP contribution in [0.3, 0.4) is 0 Å². The van der Waals surface area contributed by atoms with Gasteiger partial charge in [-0.25, -0.2) is 12.8 Å². The average Bonchev–Trinajstić information content (AvgIpc) is 3.54. The third kappa shape index (κ3) is 6.98. The predicted octanol–water partition coefficient (Wildman–Crippen LogP) is 5.05. The lowest BCUT2D eigenvalue weighted by atomic mass is 10.2. The van der Waals surface area contributed by atoms with E-state index in [2.05, 4.69) is 15.9 Å². The fourth-order valence-electron chi connectivity index (χ4n) is 3.90. The number of hydrogen-bond donors (Lipinski definition) is 0. The summed E-state index contributed by atoms with van der Waals surface area (Å²) in [5.41, 5.74) is 0.762. The molecule has 10 heteroatoms. The molecule has 1 aromatic heterocycles. The van der Waals surface area contributed by atoms with Crippen LogP contribution < -0.4 is 0 Å². The molecule has 2 aromatic carbocycles. The van der Waals surface area contributed by atoms with E-state index in [-0.39, 0.29) is 42.4 Å². The first-order valence-electron chi connectivity index (χ1n) is 11.2. The Labute approximate surface area is 217 Å². The molecule has 1 atom stereocenters. The molecular weight excluding hydrogens is 555 g/mol. The zero-order valence-corrected chi connectivity index (χ0v) is 22.2. The van der Waals surface area contributed by atoms with E-state index < -0.39 is 10.0 Å². The van der Waals surface area contributed by atoms with E-state index in [9.17, 15) is 17.6 Å². The number of carbonyl (C=O) groups is 1. The first kappa shape index (κ1) is 26.0. The van der Waals surface area contributed by atoms with Gasteiger partial charge in [0.2, 0.25) is 15.9 Å². The predicted molar refractivity (Wildman–Crippen MR) is 137 cm³/mol. The molecule has 0 spiro atoms. The highest BCUT2D eigenvalue weighted by Gasteiger charge is 2.32. The van der Waals surface area contributed by atoms with Crippen molar-refractivity contribution in [2.24, 2.45) is 0 Å². The Bertz CT molecular complexity index is 1210. The minimum Gasteiger partial charge on any atom is -0.377 e. The van der Waals surface area contributed by atoms with Crippen molar-refractivity contribution in [3.05, 3.63) is 86.8 Å². The van der Waals surface area contributed by atoms with Gasteiger partial charge in [-0.15, -0.1) is 11.3 Å². The quantitative estimate of drug-likeness (QED) is 0.336. The fraction of sp³-hybridized carbons (Fsp3) is 0.320. The number of sulfonamides is 1. The molecule has 4 rings (SSSR count). The van der Waals surface area contributed by atoms with Crippen molar-refractivity contribution < 1.29 is 22.3 Å². The van der Waals surface area contributed by atoms with Crippen molar-refractivity contribution in [2.75, 3.05) is 19.7 Å². The molecule has 0 N–H and O–H groups in total. The zero-order chi connectivity index (χ0) is 24.8. The van der Waals surface area contributed by atoms with Crippen LogP contribution in [0.5, 0.6) is 0 Å². The molecular formula is C25H26BrFN2O4S2. The summed E-state index contributed by atoms with van der Waals surface area (Å²) in [6, 6.07) is 16.2. The van der Waals surface area contributed by atoms with E-state index in [1.54, 1.807) is 29.2 Å². The largest absolute Gasteiger partial charge is 0.377 e. The third-order valence-corrected chi connectivity index (χ3v) is 8.98. The van der Waals surface area contributed by atoms with Crippen molar-refractivity contribution >= 4 is 43.2 Å². The van der Waals surface area contributed by atoms with E-state index in [1.807, 2.05) is 17.5 Å². The molecule has 1 aliphatic heterocycles. The van der Waals surface area contributed by atoms with Crippen molar-refractivity contribution in [1.29, 1.82) is 0 Å². The summed E-state index contributed by atoms with van der Waals surface area (Å²) in [7, 11) is -3.94. The molecule has 35 heavy (non-hydrogen) atoms. The third-order valence-electron chi connectivity index (χ3n) is 5.76. The first-order chi connectivity index (χ1) is 16.8. The molecule has 0 saturated carbocycles. The van der Waals surface area contributed by atoms with Crippen molar-refractivity contribution in [3.8, 4) is 0 Å². The maximum atomic E-state index is 13.6. The van der Waals surface area contributed by atoms with Crippen LogP contribution >= 0.6 is 27.3 Å². The first-order valence-corrected chi connectivity index (χ1v) is 14.3. The lowest BCUT2D eigenvalue weighted by Gasteiger charge is -2.28. The van der Waals surface area contributed by atoms with Crippen molar-refractivity contribution in [1.82, 2.24) is 9.21 Å². The lowest BCUT2D eigenvalue weighted by Crippen LogP contribution is -2.45. The smallest absolute Gasteiger partial charge is 0.243 e. The molecule has 1 fully saturated rings. The number of amides is 1. The normalized spacial score (nSPS) is 16.0. The van der Waals surface area contributed by atoms with E-state index >= 15 is 0 Å². The summed E-state index contributed by atoms with van der Waals surface area (Å²) in [5.74, 6) is -0.686. The summed E-state index contributed by atoms with van der Waals surface area (Å²) < 4.78 is 48.2. The summed E-state index contributed by atoms with van der Waals surface area (Å²) >= 11 is 4.85. The van der Waals surface area contributed by atoms with Gasteiger partial charge < -0.3 is 9.64 Å². The molecule has 186 valence electrons. The average molecular weight is 582 g/mol. The fourth-order valence-corrected chi connectivity index (χ4v) is 6.31. The molecule has 1 aliphatic rings. The van der Waals surface area contributed by atoms with E-state index in [4.69, 9.17) is 4.74 Å². The Hall–Kier alpha value is -2.11. The lowest BCUT2D eigenvalue weighted by molar-refractivity contribution is -0.132. The van der Waals surface area contributed by atoms with Crippen LogP contribution in [0.4, 0.5) is 4.39 Å². The molecule has 6 nitrogen and oxygen atoms in total. The Morgan fingerprint density at radius 3 is 2.46 bits per heavy atom. The van der Waals surface area contributed by atoms with Gasteiger partial charge in [-0.3, -0.25) is 4.79 Å². The van der Waals surface area contributed by atoms with Crippen LogP contribution in [0, 0.1) is 5.82 Å². The number of halogens is 2. The minimum absolute atomic E-state index is 0.105. The van der Waals surface area contributed by atoms with Crippen LogP contribution in [0.2, 0.25) is 0 Å². The van der Waals surface area contributed by atoms with Crippen LogP contribution in [0.1, 0.15) is 23.3 Å². The number of benzene rings is 2. The Morgan fingerprint density at radius 2 is 1.83 bits per heavy atom. The van der Waals surface area contributed by atoms with E-state index in [1.165, 1.54) is 39.9 Å². The Morgan fingerprint density at radius 1 is 1.09 bits per heavy atom. The number of nitrogens with zero attached hydrogens (tertiary/aromatic N) is 2. The molecule has 0 aliphatic carbocycles. The summed E-state index contributed by atoms with van der Waals surface area (Å²) in [6.07, 6.45) is 1.35. The molecule has 2 heterocycles. The van der Waals surface area contributed by atoms with Crippen LogP contribution in [0.15, 0.2) is 75.4 Å². The second kappa shape index (κ2) is 11.7. The van der Waals surface area contributed by atoms with E-state index in [0.717, 1.165) is 27.8 Å². The highest BCUT2D eigenvalue weighted by molar-refractivity contribution is 9.10. The van der Waals surface area contributed by atoms with Gasteiger partial charge in [0.05, 0.1) is 24.1 Å². The maximum absolute atomic E-state index is 13.6. The number of hydrogen-bond acceptors (Lipinski definition) is 5. The van der Waals surface area contributed by atoms with E-state index in [0.29, 0.717) is 13.2 Å². The van der Waals surface area contributed by atoms with Gasteiger partial charge in [0.15, 0.2) is 0 Å². The summed E-state index contributed by atoms with van der Waals surface area (Å²) in [5, 5.41) is 1.93. The van der Waals surface area contributed by atoms with Gasteiger partial charge in [-0.2, -0.15) is 4.31 Å². The highest BCUT2D eigenvalue weighted by atomic mass is 79.9. The number of ether oxygens (including phenoxy) is 1. The zero-order valence-electron chi connectivity index (χ0n) is 19.0. The van der Waals surface area contributed by atoms with Gasteiger partial charge in [-0.1, -0.05) is 34.1 Å². The maximum Gasteiger partial charge on any atom is 0.243 e. The van der Waals surface area contributed by atoms with Gasteiger partial charge in [0.1, 0.15) is 5.82 Å².